The van der Waals surface area contributed by atoms with Crippen LogP contribution in [0, 0.1) is 6.92 Å². The summed E-state index contributed by atoms with van der Waals surface area (Å²) in [4.78, 5) is 19.2. The second-order valence-corrected chi connectivity index (χ2v) is 8.53. The smallest absolute Gasteiger partial charge is 0.351 e. The number of anilines is 1. The predicted octanol–water partition coefficient (Wildman–Crippen LogP) is 3.81. The minimum atomic E-state index is -1.32. The molecule has 1 aliphatic rings. The molecule has 1 saturated heterocycles. The van der Waals surface area contributed by atoms with E-state index in [4.69, 9.17) is 10.3 Å². The Hall–Kier alpha value is -2.13. The summed E-state index contributed by atoms with van der Waals surface area (Å²) in [5, 5.41) is 27.0. The molecule has 0 aliphatic carbocycles. The fourth-order valence-corrected chi connectivity index (χ4v) is 3.97. The Labute approximate surface area is 189 Å². The first-order valence-corrected chi connectivity index (χ1v) is 11.9. The van der Waals surface area contributed by atoms with Crippen molar-refractivity contribution in [3.8, 4) is 0 Å². The van der Waals surface area contributed by atoms with Gasteiger partial charge in [0.25, 0.3) is 0 Å². The molecule has 10 heteroatoms. The molecule has 0 bridgehead atoms. The van der Waals surface area contributed by atoms with Crippen LogP contribution in [-0.2, 0) is 4.74 Å². The Bertz CT molecular complexity index is 795. The molecular weight excluding hydrogens is 412 g/mol. The number of aliphatic hydroxyl groups excluding tert-OH is 2. The van der Waals surface area contributed by atoms with Gasteiger partial charge >= 0.3 is 5.69 Å². The van der Waals surface area contributed by atoms with E-state index in [1.165, 1.54) is 55.9 Å². The van der Waals surface area contributed by atoms with Crippen molar-refractivity contribution in [3.05, 3.63) is 32.7 Å². The maximum absolute atomic E-state index is 12.5. The zero-order chi connectivity index (χ0) is 23.3. The van der Waals surface area contributed by atoms with Crippen LogP contribution >= 0.6 is 0 Å². The first-order chi connectivity index (χ1) is 15.5. The van der Waals surface area contributed by atoms with Gasteiger partial charge in [-0.05, 0) is 18.9 Å². The number of nitrogens with zero attached hydrogens (tertiary/aromatic N) is 5. The molecule has 180 valence electrons. The van der Waals surface area contributed by atoms with Crippen LogP contribution in [0.1, 0.15) is 82.9 Å². The summed E-state index contributed by atoms with van der Waals surface area (Å²) < 4.78 is 6.73. The van der Waals surface area contributed by atoms with Crippen LogP contribution in [0.25, 0.3) is 10.4 Å². The van der Waals surface area contributed by atoms with Crippen LogP contribution in [0.4, 0.5) is 5.82 Å². The Kier molecular flexibility index (Phi) is 11.5. The van der Waals surface area contributed by atoms with Gasteiger partial charge in [0.15, 0.2) is 6.23 Å². The largest absolute Gasteiger partial charge is 0.388 e. The zero-order valence-corrected chi connectivity index (χ0v) is 19.3. The first-order valence-electron chi connectivity index (χ1n) is 11.9. The van der Waals surface area contributed by atoms with E-state index in [0.717, 1.165) is 24.9 Å². The van der Waals surface area contributed by atoms with E-state index in [0.29, 0.717) is 5.82 Å². The summed E-state index contributed by atoms with van der Waals surface area (Å²) in [5.41, 5.74) is 8.59. The van der Waals surface area contributed by atoms with Crippen molar-refractivity contribution in [1.29, 1.82) is 0 Å². The topological polar surface area (TPSA) is 145 Å². The van der Waals surface area contributed by atoms with E-state index >= 15 is 0 Å². The second-order valence-electron chi connectivity index (χ2n) is 8.53. The van der Waals surface area contributed by atoms with Crippen LogP contribution in [-0.4, -0.2) is 51.2 Å². The van der Waals surface area contributed by atoms with Gasteiger partial charge in [-0.2, -0.15) is 4.98 Å². The number of nitrogens with one attached hydrogen (secondary N) is 1. The third-order valence-corrected chi connectivity index (χ3v) is 5.89. The van der Waals surface area contributed by atoms with Crippen molar-refractivity contribution in [2.24, 2.45) is 5.11 Å². The number of aromatic nitrogens is 2. The SMILES string of the molecule is CCCCCCCCCCCCNc1nc(=O)n([C@@H]2O[C@H](CN=[N+]=[N-])[C@@H](O)[C@H]2O)cc1C. The number of unbranched alkanes of at least 4 members (excludes halogenated alkanes) is 9. The Balaban J connectivity index is 1.77. The molecule has 0 aromatic carbocycles. The molecule has 1 aliphatic heterocycles. The second kappa shape index (κ2) is 14.1. The molecule has 4 atom stereocenters. The molecule has 1 fully saturated rings. The monoisotopic (exact) mass is 450 g/mol. The third kappa shape index (κ3) is 7.78. The Morgan fingerprint density at radius 1 is 1.12 bits per heavy atom. The average molecular weight is 451 g/mol. The summed E-state index contributed by atoms with van der Waals surface area (Å²) >= 11 is 0. The lowest BCUT2D eigenvalue weighted by Gasteiger charge is -2.19. The van der Waals surface area contributed by atoms with Crippen LogP contribution in [0.15, 0.2) is 16.1 Å². The molecule has 2 heterocycles. The Morgan fingerprint density at radius 2 is 1.75 bits per heavy atom. The lowest BCUT2D eigenvalue weighted by atomic mass is 10.1. The van der Waals surface area contributed by atoms with Gasteiger partial charge in [0, 0.05) is 23.2 Å². The van der Waals surface area contributed by atoms with Crippen molar-refractivity contribution in [1.82, 2.24) is 9.55 Å². The van der Waals surface area contributed by atoms with Gasteiger partial charge in [0.2, 0.25) is 0 Å². The van der Waals surface area contributed by atoms with E-state index in [2.05, 4.69) is 27.3 Å². The van der Waals surface area contributed by atoms with E-state index in [9.17, 15) is 15.0 Å². The number of hydrogen-bond acceptors (Lipinski definition) is 7. The van der Waals surface area contributed by atoms with Gasteiger partial charge in [-0.1, -0.05) is 69.8 Å². The number of aryl methyl sites for hydroxylation is 1. The number of aliphatic hydroxyl groups is 2. The van der Waals surface area contributed by atoms with E-state index < -0.39 is 30.2 Å². The van der Waals surface area contributed by atoms with Crippen molar-refractivity contribution in [2.75, 3.05) is 18.4 Å². The maximum Gasteiger partial charge on any atom is 0.351 e. The fraction of sp³-hybridized carbons (Fsp3) is 0.818. The highest BCUT2D eigenvalue weighted by molar-refractivity contribution is 5.41. The first kappa shape index (κ1) is 26.1. The van der Waals surface area contributed by atoms with Crippen molar-refractivity contribution >= 4 is 5.82 Å². The van der Waals surface area contributed by atoms with Gasteiger partial charge < -0.3 is 20.3 Å². The molecule has 10 nitrogen and oxygen atoms in total. The standard InChI is InChI=1S/C22H38N6O4/c1-3-4-5-6-7-8-9-10-11-12-13-24-20-16(2)15-28(22(31)26-20)21-19(30)18(29)17(32-21)14-25-27-23/h15,17-19,21,29-30H,3-14H2,1-2H3,(H,24,26,31)/t17-,18-,19-,21-/m1/s1. The number of ether oxygens (including phenoxy) is 1. The summed E-state index contributed by atoms with van der Waals surface area (Å²) in [7, 11) is 0. The average Bonchev–Trinajstić information content (AvgIpc) is 3.06. The quantitative estimate of drug-likeness (QED) is 0.160. The molecule has 0 radical (unpaired) electrons. The van der Waals surface area contributed by atoms with Crippen LogP contribution < -0.4 is 11.0 Å². The predicted molar refractivity (Wildman–Crippen MR) is 124 cm³/mol. The molecule has 0 spiro atoms. The number of azide groups is 1. The molecule has 3 N–H and O–H groups in total. The highest BCUT2D eigenvalue weighted by Crippen LogP contribution is 2.29. The lowest BCUT2D eigenvalue weighted by molar-refractivity contribution is -0.0372. The molecule has 1 aromatic heterocycles. The van der Waals surface area contributed by atoms with Crippen LogP contribution in [0.5, 0.6) is 0 Å². The van der Waals surface area contributed by atoms with E-state index in [-0.39, 0.29) is 6.54 Å². The van der Waals surface area contributed by atoms with Gasteiger partial charge in [0.05, 0.1) is 12.6 Å². The molecule has 0 unspecified atom stereocenters. The van der Waals surface area contributed by atoms with Crippen molar-refractivity contribution in [3.63, 3.8) is 0 Å². The molecule has 0 amide bonds. The summed E-state index contributed by atoms with van der Waals surface area (Å²) in [6, 6.07) is 0. The molecule has 0 saturated carbocycles. The third-order valence-electron chi connectivity index (χ3n) is 5.89. The highest BCUT2D eigenvalue weighted by atomic mass is 16.6. The highest BCUT2D eigenvalue weighted by Gasteiger charge is 2.43. The molecule has 2 rings (SSSR count). The molecule has 1 aromatic rings. The van der Waals surface area contributed by atoms with Crippen molar-refractivity contribution in [2.45, 2.75) is 103 Å². The van der Waals surface area contributed by atoms with Gasteiger partial charge in [0.1, 0.15) is 18.0 Å². The van der Waals surface area contributed by atoms with Gasteiger partial charge in [-0.3, -0.25) is 4.57 Å². The molecule has 32 heavy (non-hydrogen) atoms. The summed E-state index contributed by atoms with van der Waals surface area (Å²) in [6.45, 7) is 4.66. The van der Waals surface area contributed by atoms with Gasteiger partial charge in [-0.25, -0.2) is 4.79 Å². The van der Waals surface area contributed by atoms with Crippen LogP contribution in [0.3, 0.4) is 0 Å². The minimum absolute atomic E-state index is 0.134. The van der Waals surface area contributed by atoms with Crippen molar-refractivity contribution < 1.29 is 14.9 Å². The van der Waals surface area contributed by atoms with Gasteiger partial charge in [-0.15, -0.1) is 0 Å². The summed E-state index contributed by atoms with van der Waals surface area (Å²) in [5.74, 6) is 0.515. The maximum atomic E-state index is 12.5. The Morgan fingerprint density at radius 3 is 2.38 bits per heavy atom. The van der Waals surface area contributed by atoms with E-state index in [1.807, 2.05) is 6.92 Å². The number of hydrogen-bond donors (Lipinski definition) is 3. The normalized spacial score (nSPS) is 22.6. The fourth-order valence-electron chi connectivity index (χ4n) is 3.97. The zero-order valence-electron chi connectivity index (χ0n) is 19.3. The van der Waals surface area contributed by atoms with E-state index in [1.54, 1.807) is 6.20 Å². The lowest BCUT2D eigenvalue weighted by Crippen LogP contribution is -2.36. The molecular formula is C22H38N6O4. The minimum Gasteiger partial charge on any atom is -0.388 e. The summed E-state index contributed by atoms with van der Waals surface area (Å²) in [6.07, 6.45) is 9.65. The number of rotatable bonds is 15. The van der Waals surface area contributed by atoms with Crippen LogP contribution in [0.2, 0.25) is 0 Å².